The second-order valence-corrected chi connectivity index (χ2v) is 18.6. The van der Waals surface area contributed by atoms with Crippen molar-refractivity contribution in [1.82, 2.24) is 35.2 Å². The molecule has 1 aromatic heterocycles. The van der Waals surface area contributed by atoms with Crippen molar-refractivity contribution >= 4 is 47.1 Å². The Morgan fingerprint density at radius 3 is 1.17 bits per heavy atom. The highest BCUT2D eigenvalue weighted by atomic mass is 19.4. The summed E-state index contributed by atoms with van der Waals surface area (Å²) in [6, 6.07) is 22.3. The monoisotopic (exact) mass is 1070 g/mol. The number of carbonyl (C=O) groups excluding carboxylic acids is 6. The van der Waals surface area contributed by atoms with Gasteiger partial charge < -0.3 is 30.2 Å². The van der Waals surface area contributed by atoms with E-state index in [1.807, 2.05) is 12.1 Å². The van der Waals surface area contributed by atoms with E-state index in [2.05, 4.69) is 15.6 Å². The summed E-state index contributed by atoms with van der Waals surface area (Å²) >= 11 is 0. The van der Waals surface area contributed by atoms with Crippen LogP contribution in [0, 0.1) is 22.7 Å². The van der Waals surface area contributed by atoms with Crippen LogP contribution in [-0.2, 0) is 21.9 Å². The average molecular weight is 1070 g/mol. The lowest BCUT2D eigenvalue weighted by Gasteiger charge is -2.40. The number of nitriles is 2. The van der Waals surface area contributed by atoms with Crippen LogP contribution in [0.1, 0.15) is 80.0 Å². The molecule has 0 bridgehead atoms. The first-order chi connectivity index (χ1) is 37.2. The number of nitrogens with zero attached hydrogens (tertiary/aromatic N) is 9. The number of nitrogens with one attached hydrogen (secondary N) is 2. The molecule has 0 aliphatic carbocycles. The summed E-state index contributed by atoms with van der Waals surface area (Å²) in [7, 11) is 0. The maximum absolute atomic E-state index is 14.6. The summed E-state index contributed by atoms with van der Waals surface area (Å²) in [6.07, 6.45) is -6.85. The molecule has 5 aromatic rings. The Labute approximate surface area is 441 Å². The molecule has 17 nitrogen and oxygen atoms in total. The van der Waals surface area contributed by atoms with Gasteiger partial charge >= 0.3 is 24.4 Å². The Morgan fingerprint density at radius 2 is 0.846 bits per heavy atom. The Morgan fingerprint density at radius 1 is 0.513 bits per heavy atom. The third-order valence-corrected chi connectivity index (χ3v) is 14.0. The van der Waals surface area contributed by atoms with Gasteiger partial charge in [-0.2, -0.15) is 36.9 Å². The van der Waals surface area contributed by atoms with Gasteiger partial charge in [0.25, 0.3) is 23.6 Å². The summed E-state index contributed by atoms with van der Waals surface area (Å²) in [6.45, 7) is 3.06. The van der Waals surface area contributed by atoms with E-state index in [4.69, 9.17) is 0 Å². The lowest BCUT2D eigenvalue weighted by atomic mass is 9.92. The fourth-order valence-electron chi connectivity index (χ4n) is 9.91. The molecule has 2 saturated heterocycles. The van der Waals surface area contributed by atoms with Gasteiger partial charge in [0.1, 0.15) is 0 Å². The van der Waals surface area contributed by atoms with Crippen LogP contribution in [0.25, 0.3) is 0 Å². The molecule has 2 atom stereocenters. The number of amides is 8. The molecule has 4 aliphatic rings. The van der Waals surface area contributed by atoms with Crippen molar-refractivity contribution in [2.45, 2.75) is 38.3 Å². The number of allylic oxidation sites excluding steroid dienone is 2. The fourth-order valence-corrected chi connectivity index (χ4v) is 9.91. The van der Waals surface area contributed by atoms with Crippen molar-refractivity contribution < 1.29 is 55.1 Å². The second kappa shape index (κ2) is 21.3. The smallest absolute Gasteiger partial charge is 0.335 e. The molecular formula is C55H45F6N11O6. The summed E-state index contributed by atoms with van der Waals surface area (Å²) < 4.78 is 82.7. The number of alkyl halides is 6. The Hall–Kier alpha value is -9.51. The number of carbonyl (C=O) groups is 6. The Balaban J connectivity index is 0.884. The Bertz CT molecular complexity index is 3190. The third-order valence-electron chi connectivity index (χ3n) is 14.0. The highest BCUT2D eigenvalue weighted by molar-refractivity contribution is 6.06. The van der Waals surface area contributed by atoms with Gasteiger partial charge in [-0.05, 0) is 91.7 Å². The van der Waals surface area contributed by atoms with E-state index in [1.54, 1.807) is 24.3 Å². The van der Waals surface area contributed by atoms with Crippen LogP contribution in [-0.4, -0.2) is 113 Å². The second-order valence-electron chi connectivity index (χ2n) is 18.6. The van der Waals surface area contributed by atoms with Crippen LogP contribution in [0.2, 0.25) is 0 Å². The summed E-state index contributed by atoms with van der Waals surface area (Å²) in [5.74, 6) is -2.10. The molecule has 398 valence electrons. The largest absolute Gasteiger partial charge is 0.416 e. The van der Waals surface area contributed by atoms with Gasteiger partial charge in [-0.25, -0.2) is 9.59 Å². The number of hydrogen-bond acceptors (Lipinski definition) is 9. The van der Waals surface area contributed by atoms with E-state index in [9.17, 15) is 65.6 Å². The lowest BCUT2D eigenvalue weighted by Crippen LogP contribution is -2.54. The minimum absolute atomic E-state index is 0.00822. The first-order valence-electron chi connectivity index (χ1n) is 24.3. The van der Waals surface area contributed by atoms with Gasteiger partial charge in [0.15, 0.2) is 0 Å². The van der Waals surface area contributed by atoms with Crippen LogP contribution in [0.5, 0.6) is 0 Å². The number of pyridine rings is 1. The number of urea groups is 2. The highest BCUT2D eigenvalue weighted by Crippen LogP contribution is 2.40. The number of anilines is 2. The topological polar surface area (TPSA) is 206 Å². The van der Waals surface area contributed by atoms with Crippen molar-refractivity contribution in [3.05, 3.63) is 183 Å². The Kier molecular flexibility index (Phi) is 14.5. The van der Waals surface area contributed by atoms with Crippen molar-refractivity contribution in [3.8, 4) is 12.1 Å². The van der Waals surface area contributed by atoms with Gasteiger partial charge in [-0.1, -0.05) is 36.4 Å². The molecular weight excluding hydrogens is 1020 g/mol. The third kappa shape index (κ3) is 10.5. The molecule has 2 fully saturated rings. The average Bonchev–Trinajstić information content (AvgIpc) is 3.47. The van der Waals surface area contributed by atoms with Crippen LogP contribution >= 0.6 is 0 Å². The number of aromatic nitrogens is 1. The summed E-state index contributed by atoms with van der Waals surface area (Å²) in [4.78, 5) is 96.5. The predicted octanol–water partition coefficient (Wildman–Crippen LogP) is 7.92. The first kappa shape index (κ1) is 53.3. The molecule has 4 aliphatic heterocycles. The van der Waals surface area contributed by atoms with Crippen LogP contribution in [0.3, 0.4) is 0 Å². The normalized spacial score (nSPS) is 18.3. The molecule has 8 amide bonds. The minimum atomic E-state index is -4.72. The molecule has 78 heavy (non-hydrogen) atoms. The van der Waals surface area contributed by atoms with Crippen molar-refractivity contribution in [1.29, 1.82) is 10.5 Å². The van der Waals surface area contributed by atoms with Gasteiger partial charge in [-0.3, -0.25) is 34.0 Å². The zero-order valence-electron chi connectivity index (χ0n) is 41.5. The van der Waals surface area contributed by atoms with Gasteiger partial charge in [0.05, 0.1) is 80.1 Å². The van der Waals surface area contributed by atoms with E-state index in [0.29, 0.717) is 22.3 Å². The number of hydrogen-bond donors (Lipinski definition) is 2. The standard InChI is InChI=1S/C55H45F6N11O6/c1-32-44(46(36-13-9-34(28-62)10-14-36)65-52(77)71(32)42-7-3-5-40(26-42)54(56,57)58)50(75)69-21-17-67(18-22-69)48(73)38-25-39(31-64-30-38)49(74)68-19-23-70(24-20-68)51(76)45-33(2)72(43-8-4-6-41(27-43)55(59,60)61)53(78)66-47(45)37-15-11-35(29-63)12-16-37/h3-16,25-27,30-31,46-47H,17-24H2,1-2H3,(H,65,77)(H,66,78)/t46-,47-/m1/s1. The molecule has 2 N–H and O–H groups in total. The van der Waals surface area contributed by atoms with Crippen molar-refractivity contribution in [2.75, 3.05) is 62.2 Å². The molecule has 0 saturated carbocycles. The van der Waals surface area contributed by atoms with E-state index in [1.165, 1.54) is 88.3 Å². The van der Waals surface area contributed by atoms with E-state index < -0.39 is 71.3 Å². The maximum atomic E-state index is 14.6. The van der Waals surface area contributed by atoms with Crippen LogP contribution < -0.4 is 20.4 Å². The zero-order valence-corrected chi connectivity index (χ0v) is 41.5. The summed E-state index contributed by atoms with van der Waals surface area (Å²) in [5, 5.41) is 24.3. The van der Waals surface area contributed by atoms with E-state index >= 15 is 0 Å². The zero-order chi connectivity index (χ0) is 55.8. The maximum Gasteiger partial charge on any atom is 0.416 e. The lowest BCUT2D eigenvalue weighted by molar-refractivity contribution is -0.138. The molecule has 0 unspecified atom stereocenters. The number of rotatable bonds is 8. The van der Waals surface area contributed by atoms with Gasteiger partial charge in [-0.15, -0.1) is 0 Å². The molecule has 4 aromatic carbocycles. The molecule has 23 heteroatoms. The molecule has 0 radical (unpaired) electrons. The van der Waals surface area contributed by atoms with Crippen LogP contribution in [0.15, 0.2) is 138 Å². The molecule has 5 heterocycles. The number of piperazine rings is 2. The van der Waals surface area contributed by atoms with Gasteiger partial charge in [0.2, 0.25) is 0 Å². The molecule has 0 spiro atoms. The van der Waals surface area contributed by atoms with Crippen molar-refractivity contribution in [2.24, 2.45) is 0 Å². The molecule has 9 rings (SSSR count). The minimum Gasteiger partial charge on any atom is -0.335 e. The van der Waals surface area contributed by atoms with Gasteiger partial charge in [0, 0.05) is 76.1 Å². The van der Waals surface area contributed by atoms with Crippen LogP contribution in [0.4, 0.5) is 47.3 Å². The van der Waals surface area contributed by atoms with E-state index in [-0.39, 0.29) is 97.4 Å². The first-order valence-corrected chi connectivity index (χ1v) is 24.3. The highest BCUT2D eigenvalue weighted by Gasteiger charge is 2.42. The summed E-state index contributed by atoms with van der Waals surface area (Å²) in [5.41, 5.74) is -0.379. The van der Waals surface area contributed by atoms with Crippen molar-refractivity contribution in [3.63, 3.8) is 0 Å². The predicted molar refractivity (Wildman–Crippen MR) is 267 cm³/mol. The quantitative estimate of drug-likeness (QED) is 0.145. The SMILES string of the molecule is CC1=C(C(=O)N2CCN(C(=O)c3cncc(C(=O)N4CCN(C(=O)C5=C(C)N(c6cccc(C(F)(F)F)c6)C(=O)N[C@@H]5c5ccc(C#N)cc5)CC4)c3)CC2)[C@@H](c2ccc(C#N)cc2)NC(=O)N1c1cccc(C(F)(F)F)c1. The number of halogens is 6. The number of benzene rings is 4. The van der Waals surface area contributed by atoms with E-state index in [0.717, 1.165) is 46.2 Å². The fraction of sp³-hybridized carbons (Fsp3) is 0.255.